The van der Waals surface area contributed by atoms with Crippen LogP contribution in [0.15, 0.2) is 40.4 Å². The van der Waals surface area contributed by atoms with Gasteiger partial charge in [0.15, 0.2) is 0 Å². The lowest BCUT2D eigenvalue weighted by molar-refractivity contribution is 0.570. The fourth-order valence-electron chi connectivity index (χ4n) is 1.61. The number of hydrogen-bond acceptors (Lipinski definition) is 5. The fourth-order valence-corrected chi connectivity index (χ4v) is 3.27. The van der Waals surface area contributed by atoms with E-state index >= 15 is 0 Å². The lowest BCUT2D eigenvalue weighted by Crippen LogP contribution is -2.26. The van der Waals surface area contributed by atoms with Gasteiger partial charge < -0.3 is 10.3 Å². The molecule has 0 atom stereocenters. The number of aryl methyl sites for hydroxylation is 1. The van der Waals surface area contributed by atoms with Gasteiger partial charge in [-0.25, -0.2) is 23.1 Å². The van der Waals surface area contributed by atoms with Crippen molar-refractivity contribution in [1.29, 1.82) is 0 Å². The smallest absolute Gasteiger partial charge is 0.244 e. The molecule has 0 saturated carbocycles. The number of nitrogens with two attached hydrogens (primary N) is 1. The first-order chi connectivity index (χ1) is 9.49. The zero-order valence-corrected chi connectivity index (χ0v) is 12.9. The minimum atomic E-state index is -3.65. The third-order valence-electron chi connectivity index (χ3n) is 2.58. The average Bonchev–Trinajstić information content (AvgIpc) is 2.90. The van der Waals surface area contributed by atoms with Gasteiger partial charge in [0, 0.05) is 36.2 Å². The number of imidazole rings is 1. The molecule has 3 N–H and O–H groups in total. The number of nitrogens with zero attached hydrogens (tertiary/aromatic N) is 3. The number of hydrogen-bond donors (Lipinski definition) is 2. The van der Waals surface area contributed by atoms with Crippen LogP contribution in [0.5, 0.6) is 0 Å². The van der Waals surface area contributed by atoms with Crippen LogP contribution in [0.25, 0.3) is 0 Å². The number of nitrogens with one attached hydrogen (secondary N) is 1. The van der Waals surface area contributed by atoms with Crippen molar-refractivity contribution in [1.82, 2.24) is 19.3 Å². The lowest BCUT2D eigenvalue weighted by atomic mass is 10.4. The van der Waals surface area contributed by atoms with E-state index in [2.05, 4.69) is 30.6 Å². The number of halogens is 1. The molecule has 2 heterocycles. The van der Waals surface area contributed by atoms with Gasteiger partial charge in [-0.2, -0.15) is 0 Å². The van der Waals surface area contributed by atoms with Gasteiger partial charge in [-0.05, 0) is 28.4 Å². The predicted molar refractivity (Wildman–Crippen MR) is 78.4 cm³/mol. The third kappa shape index (κ3) is 3.78. The molecule has 108 valence electrons. The number of rotatable bonds is 6. The molecule has 7 nitrogen and oxygen atoms in total. The van der Waals surface area contributed by atoms with Crippen molar-refractivity contribution in [2.24, 2.45) is 0 Å². The molecular weight excluding hydrogens is 346 g/mol. The van der Waals surface area contributed by atoms with Gasteiger partial charge in [0.25, 0.3) is 0 Å². The van der Waals surface area contributed by atoms with Crippen molar-refractivity contribution >= 4 is 31.8 Å². The average molecular weight is 360 g/mol. The highest BCUT2D eigenvalue weighted by atomic mass is 79.9. The van der Waals surface area contributed by atoms with E-state index in [1.807, 2.05) is 10.8 Å². The summed E-state index contributed by atoms with van der Waals surface area (Å²) in [4.78, 5) is 7.71. The Bertz CT molecular complexity index is 672. The summed E-state index contributed by atoms with van der Waals surface area (Å²) in [6.45, 7) is 1.00. The fraction of sp³-hybridized carbons (Fsp3) is 0.273. The van der Waals surface area contributed by atoms with E-state index in [-0.39, 0.29) is 10.7 Å². The van der Waals surface area contributed by atoms with Gasteiger partial charge in [0.2, 0.25) is 10.0 Å². The summed E-state index contributed by atoms with van der Waals surface area (Å²) in [5, 5.41) is 0. The second-order valence-corrected chi connectivity index (χ2v) is 6.74. The Labute approximate surface area is 125 Å². The summed E-state index contributed by atoms with van der Waals surface area (Å²) < 4.78 is 29.1. The van der Waals surface area contributed by atoms with Crippen molar-refractivity contribution in [3.05, 3.63) is 35.5 Å². The molecule has 2 rings (SSSR count). The molecular formula is C11H14BrN5O2S. The molecule has 0 aliphatic heterocycles. The quantitative estimate of drug-likeness (QED) is 0.748. The Kier molecular flexibility index (Phi) is 4.73. The Morgan fingerprint density at radius 2 is 2.25 bits per heavy atom. The van der Waals surface area contributed by atoms with Gasteiger partial charge in [-0.15, -0.1) is 0 Å². The van der Waals surface area contributed by atoms with Crippen LogP contribution in [0.3, 0.4) is 0 Å². The minimum Gasteiger partial charge on any atom is -0.383 e. The number of anilines is 1. The molecule has 0 radical (unpaired) electrons. The van der Waals surface area contributed by atoms with Crippen molar-refractivity contribution in [3.63, 3.8) is 0 Å². The molecule has 0 aliphatic carbocycles. The normalized spacial score (nSPS) is 11.7. The van der Waals surface area contributed by atoms with Crippen molar-refractivity contribution in [2.75, 3.05) is 12.3 Å². The van der Waals surface area contributed by atoms with Gasteiger partial charge >= 0.3 is 0 Å². The van der Waals surface area contributed by atoms with E-state index < -0.39 is 10.0 Å². The van der Waals surface area contributed by atoms with Crippen LogP contribution in [-0.4, -0.2) is 29.5 Å². The van der Waals surface area contributed by atoms with E-state index in [0.717, 1.165) is 0 Å². The Morgan fingerprint density at radius 3 is 2.95 bits per heavy atom. The largest absolute Gasteiger partial charge is 0.383 e. The maximum Gasteiger partial charge on any atom is 0.244 e. The Morgan fingerprint density at radius 1 is 1.45 bits per heavy atom. The number of nitrogen functional groups attached to an aromatic ring is 1. The van der Waals surface area contributed by atoms with Crippen LogP contribution in [-0.2, 0) is 16.6 Å². The zero-order valence-electron chi connectivity index (χ0n) is 10.5. The first-order valence-electron chi connectivity index (χ1n) is 5.85. The van der Waals surface area contributed by atoms with E-state index in [1.54, 1.807) is 12.5 Å². The van der Waals surface area contributed by atoms with Crippen LogP contribution in [0.2, 0.25) is 0 Å². The van der Waals surface area contributed by atoms with Gasteiger partial charge in [0.1, 0.15) is 10.7 Å². The molecule has 0 bridgehead atoms. The highest BCUT2D eigenvalue weighted by Gasteiger charge is 2.18. The van der Waals surface area contributed by atoms with Gasteiger partial charge in [0.05, 0.1) is 6.33 Å². The molecule has 0 aromatic carbocycles. The van der Waals surface area contributed by atoms with Gasteiger partial charge in [-0.1, -0.05) is 0 Å². The van der Waals surface area contributed by atoms with Crippen molar-refractivity contribution < 1.29 is 8.42 Å². The summed E-state index contributed by atoms with van der Waals surface area (Å²) in [7, 11) is -3.65. The highest BCUT2D eigenvalue weighted by molar-refractivity contribution is 9.10. The lowest BCUT2D eigenvalue weighted by Gasteiger charge is -2.09. The van der Waals surface area contributed by atoms with Crippen LogP contribution in [0, 0.1) is 0 Å². The first kappa shape index (κ1) is 14.9. The second-order valence-electron chi connectivity index (χ2n) is 4.09. The first-order valence-corrected chi connectivity index (χ1v) is 8.13. The molecule has 0 aliphatic rings. The number of sulfonamides is 1. The Hall–Kier alpha value is -1.45. The summed E-state index contributed by atoms with van der Waals surface area (Å²) in [6.07, 6.45) is 7.29. The summed E-state index contributed by atoms with van der Waals surface area (Å²) in [6, 6.07) is 1.43. The zero-order chi connectivity index (χ0) is 14.6. The summed E-state index contributed by atoms with van der Waals surface area (Å²) in [5.74, 6) is -0.0182. The molecule has 2 aromatic rings. The predicted octanol–water partition coefficient (Wildman–Crippen LogP) is 0.991. The molecule has 20 heavy (non-hydrogen) atoms. The van der Waals surface area contributed by atoms with Crippen LogP contribution in [0.1, 0.15) is 6.42 Å². The Balaban J connectivity index is 1.95. The van der Waals surface area contributed by atoms with Crippen molar-refractivity contribution in [2.45, 2.75) is 17.9 Å². The third-order valence-corrected chi connectivity index (χ3v) is 4.51. The molecule has 0 unspecified atom stereocenters. The van der Waals surface area contributed by atoms with Crippen LogP contribution < -0.4 is 10.5 Å². The number of aromatic nitrogens is 3. The van der Waals surface area contributed by atoms with E-state index in [9.17, 15) is 8.42 Å². The molecule has 0 amide bonds. The standard InChI is InChI=1S/C11H14BrN5O2S/c12-9-6-10(11(13)15-7-9)20(18,19)16-2-1-4-17-5-3-14-8-17/h3,5-8,16H,1-2,4H2,(H2,13,15). The molecule has 9 heteroatoms. The molecule has 0 saturated heterocycles. The molecule has 2 aromatic heterocycles. The topological polar surface area (TPSA) is 103 Å². The SMILES string of the molecule is Nc1ncc(Br)cc1S(=O)(=O)NCCCn1ccnc1. The maximum atomic E-state index is 12.1. The van der Waals surface area contributed by atoms with E-state index in [1.165, 1.54) is 12.3 Å². The van der Waals surface area contributed by atoms with Crippen LogP contribution in [0.4, 0.5) is 5.82 Å². The van der Waals surface area contributed by atoms with Crippen LogP contribution >= 0.6 is 15.9 Å². The second kappa shape index (κ2) is 6.33. The minimum absolute atomic E-state index is 0.0182. The van der Waals surface area contributed by atoms with E-state index in [0.29, 0.717) is 24.0 Å². The highest BCUT2D eigenvalue weighted by Crippen LogP contribution is 2.20. The van der Waals surface area contributed by atoms with Gasteiger partial charge in [-0.3, -0.25) is 0 Å². The summed E-state index contributed by atoms with van der Waals surface area (Å²) in [5.41, 5.74) is 5.59. The van der Waals surface area contributed by atoms with E-state index in [4.69, 9.17) is 5.73 Å². The van der Waals surface area contributed by atoms with Crippen molar-refractivity contribution in [3.8, 4) is 0 Å². The molecule has 0 spiro atoms. The summed E-state index contributed by atoms with van der Waals surface area (Å²) >= 11 is 3.18. The monoisotopic (exact) mass is 359 g/mol. The maximum absolute atomic E-state index is 12.1. The number of pyridine rings is 1. The molecule has 0 fully saturated rings.